The molecule has 0 aliphatic carbocycles. The minimum Gasteiger partial charge on any atom is -0.339 e. The summed E-state index contributed by atoms with van der Waals surface area (Å²) >= 11 is 0. The Morgan fingerprint density at radius 3 is 2.17 bits per heavy atom. The third-order valence-electron chi connectivity index (χ3n) is 3.98. The monoisotopic (exact) mass is 320 g/mol. The number of nitro benzene ring substituents is 1. The first kappa shape index (κ1) is 16.9. The van der Waals surface area contributed by atoms with Crippen molar-refractivity contribution in [2.24, 2.45) is 11.7 Å². The summed E-state index contributed by atoms with van der Waals surface area (Å²) in [6, 6.07) is 5.54. The van der Waals surface area contributed by atoms with Crippen LogP contribution in [-0.4, -0.2) is 59.3 Å². The Kier molecular flexibility index (Phi) is 5.28. The molecule has 2 rings (SSSR count). The summed E-state index contributed by atoms with van der Waals surface area (Å²) in [5, 5.41) is 10.6. The van der Waals surface area contributed by atoms with Crippen molar-refractivity contribution in [2.45, 2.75) is 6.92 Å². The van der Waals surface area contributed by atoms with Crippen LogP contribution in [0.3, 0.4) is 0 Å². The summed E-state index contributed by atoms with van der Waals surface area (Å²) < 4.78 is 0. The molecule has 0 spiro atoms. The number of nitrogens with two attached hydrogens (primary N) is 1. The van der Waals surface area contributed by atoms with Crippen molar-refractivity contribution < 1.29 is 14.5 Å². The van der Waals surface area contributed by atoms with Crippen molar-refractivity contribution in [1.82, 2.24) is 9.80 Å². The van der Waals surface area contributed by atoms with Gasteiger partial charge in [-0.15, -0.1) is 0 Å². The molecule has 1 aromatic rings. The number of non-ortho nitro benzene ring substituents is 1. The first-order valence-electron chi connectivity index (χ1n) is 7.46. The Morgan fingerprint density at radius 1 is 1.17 bits per heavy atom. The number of hydrogen-bond donors (Lipinski definition) is 1. The van der Waals surface area contributed by atoms with Gasteiger partial charge in [0.1, 0.15) is 0 Å². The molecular weight excluding hydrogens is 300 g/mol. The zero-order valence-corrected chi connectivity index (χ0v) is 13.0. The molecule has 1 aliphatic rings. The van der Waals surface area contributed by atoms with Crippen LogP contribution in [-0.2, 0) is 4.79 Å². The molecule has 8 nitrogen and oxygen atoms in total. The van der Waals surface area contributed by atoms with Crippen LogP contribution in [0.1, 0.15) is 17.3 Å². The predicted molar refractivity (Wildman–Crippen MR) is 83.8 cm³/mol. The van der Waals surface area contributed by atoms with Crippen molar-refractivity contribution in [1.29, 1.82) is 0 Å². The summed E-state index contributed by atoms with van der Waals surface area (Å²) in [6.07, 6.45) is 0. The highest BCUT2D eigenvalue weighted by Crippen LogP contribution is 2.15. The van der Waals surface area contributed by atoms with Crippen molar-refractivity contribution in [3.05, 3.63) is 39.9 Å². The standard InChI is InChI=1S/C15H20N4O4/c1-11(10-16)14(20)17-6-8-18(9-7-17)15(21)12-2-4-13(5-3-12)19(22)23/h2-5,11H,6-10,16H2,1H3. The van der Waals surface area contributed by atoms with Gasteiger partial charge in [-0.25, -0.2) is 0 Å². The minimum atomic E-state index is -0.503. The molecule has 0 saturated carbocycles. The molecule has 0 radical (unpaired) electrons. The van der Waals surface area contributed by atoms with Gasteiger partial charge in [-0.3, -0.25) is 19.7 Å². The molecule has 1 aliphatic heterocycles. The molecule has 1 fully saturated rings. The van der Waals surface area contributed by atoms with E-state index in [1.165, 1.54) is 24.3 Å². The Labute approximate surface area is 134 Å². The van der Waals surface area contributed by atoms with Gasteiger partial charge in [0.15, 0.2) is 0 Å². The summed E-state index contributed by atoms with van der Waals surface area (Å²) in [4.78, 5) is 37.9. The smallest absolute Gasteiger partial charge is 0.269 e. The quantitative estimate of drug-likeness (QED) is 0.640. The normalized spacial score (nSPS) is 16.1. The van der Waals surface area contributed by atoms with E-state index in [1.807, 2.05) is 0 Å². The van der Waals surface area contributed by atoms with Crippen molar-refractivity contribution >= 4 is 17.5 Å². The summed E-state index contributed by atoms with van der Waals surface area (Å²) in [5.74, 6) is -0.388. The maximum atomic E-state index is 12.4. The fourth-order valence-electron chi connectivity index (χ4n) is 2.45. The number of amides is 2. The lowest BCUT2D eigenvalue weighted by Gasteiger charge is -2.35. The van der Waals surface area contributed by atoms with E-state index in [2.05, 4.69) is 0 Å². The number of rotatable bonds is 4. The van der Waals surface area contributed by atoms with Crippen LogP contribution in [0.15, 0.2) is 24.3 Å². The van der Waals surface area contributed by atoms with E-state index in [0.717, 1.165) is 0 Å². The second kappa shape index (κ2) is 7.19. The molecule has 1 unspecified atom stereocenters. The summed E-state index contributed by atoms with van der Waals surface area (Å²) in [5.41, 5.74) is 5.86. The molecule has 2 N–H and O–H groups in total. The van der Waals surface area contributed by atoms with Gasteiger partial charge in [-0.1, -0.05) is 6.92 Å². The highest BCUT2D eigenvalue weighted by molar-refractivity contribution is 5.94. The van der Waals surface area contributed by atoms with Gasteiger partial charge in [-0.05, 0) is 12.1 Å². The Bertz CT molecular complexity index is 594. The van der Waals surface area contributed by atoms with E-state index in [-0.39, 0.29) is 23.4 Å². The van der Waals surface area contributed by atoms with Gasteiger partial charge in [0.2, 0.25) is 5.91 Å². The lowest BCUT2D eigenvalue weighted by molar-refractivity contribution is -0.384. The predicted octanol–water partition coefficient (Wildman–Crippen LogP) is 0.474. The topological polar surface area (TPSA) is 110 Å². The number of hydrogen-bond acceptors (Lipinski definition) is 5. The van der Waals surface area contributed by atoms with E-state index in [1.54, 1.807) is 16.7 Å². The van der Waals surface area contributed by atoms with E-state index >= 15 is 0 Å². The molecule has 2 amide bonds. The van der Waals surface area contributed by atoms with Gasteiger partial charge in [0.05, 0.1) is 4.92 Å². The van der Waals surface area contributed by atoms with Crippen LogP contribution in [0.4, 0.5) is 5.69 Å². The third kappa shape index (κ3) is 3.84. The largest absolute Gasteiger partial charge is 0.339 e. The van der Waals surface area contributed by atoms with Gasteiger partial charge in [-0.2, -0.15) is 0 Å². The Hall–Kier alpha value is -2.48. The number of piperazine rings is 1. The maximum absolute atomic E-state index is 12.4. The van der Waals surface area contributed by atoms with Gasteiger partial charge in [0.25, 0.3) is 11.6 Å². The molecular formula is C15H20N4O4. The molecule has 1 heterocycles. The van der Waals surface area contributed by atoms with Gasteiger partial charge in [0, 0.05) is 56.3 Å². The number of benzene rings is 1. The number of nitro groups is 1. The Morgan fingerprint density at radius 2 is 1.70 bits per heavy atom. The second-order valence-corrected chi connectivity index (χ2v) is 5.56. The second-order valence-electron chi connectivity index (χ2n) is 5.56. The van der Waals surface area contributed by atoms with Crippen molar-refractivity contribution in [3.8, 4) is 0 Å². The van der Waals surface area contributed by atoms with Crippen molar-refractivity contribution in [2.75, 3.05) is 32.7 Å². The highest BCUT2D eigenvalue weighted by Gasteiger charge is 2.27. The molecule has 1 aromatic carbocycles. The van der Waals surface area contributed by atoms with Gasteiger partial charge < -0.3 is 15.5 Å². The lowest BCUT2D eigenvalue weighted by atomic mass is 10.1. The van der Waals surface area contributed by atoms with Crippen LogP contribution in [0.25, 0.3) is 0 Å². The fraction of sp³-hybridized carbons (Fsp3) is 0.467. The lowest BCUT2D eigenvalue weighted by Crippen LogP contribution is -2.52. The Balaban J connectivity index is 1.95. The molecule has 124 valence electrons. The van der Waals surface area contributed by atoms with Gasteiger partial charge >= 0.3 is 0 Å². The van der Waals surface area contributed by atoms with Crippen LogP contribution < -0.4 is 5.73 Å². The third-order valence-corrected chi connectivity index (χ3v) is 3.98. The minimum absolute atomic E-state index is 0.00920. The first-order chi connectivity index (χ1) is 10.9. The zero-order chi connectivity index (χ0) is 17.0. The maximum Gasteiger partial charge on any atom is 0.269 e. The SMILES string of the molecule is CC(CN)C(=O)N1CCN(C(=O)c2ccc([N+](=O)[O-])cc2)CC1. The zero-order valence-electron chi connectivity index (χ0n) is 13.0. The van der Waals surface area contributed by atoms with Crippen molar-refractivity contribution in [3.63, 3.8) is 0 Å². The molecule has 1 atom stereocenters. The molecule has 0 bridgehead atoms. The van der Waals surface area contributed by atoms with E-state index in [9.17, 15) is 19.7 Å². The molecule has 8 heteroatoms. The number of carbonyl (C=O) groups is 2. The molecule has 23 heavy (non-hydrogen) atoms. The average molecular weight is 320 g/mol. The number of carbonyl (C=O) groups excluding carboxylic acids is 2. The fourth-order valence-corrected chi connectivity index (χ4v) is 2.45. The van der Waals surface area contributed by atoms with E-state index in [4.69, 9.17) is 5.73 Å². The van der Waals surface area contributed by atoms with Crippen LogP contribution in [0.2, 0.25) is 0 Å². The van der Waals surface area contributed by atoms with Crippen LogP contribution in [0.5, 0.6) is 0 Å². The highest BCUT2D eigenvalue weighted by atomic mass is 16.6. The molecule has 0 aromatic heterocycles. The van der Waals surface area contributed by atoms with Crippen LogP contribution in [0, 0.1) is 16.0 Å². The summed E-state index contributed by atoms with van der Waals surface area (Å²) in [7, 11) is 0. The van der Waals surface area contributed by atoms with Crippen LogP contribution >= 0.6 is 0 Å². The summed E-state index contributed by atoms with van der Waals surface area (Å²) in [6.45, 7) is 3.93. The molecule has 1 saturated heterocycles. The number of nitrogens with zero attached hydrogens (tertiary/aromatic N) is 3. The average Bonchev–Trinajstić information content (AvgIpc) is 2.60. The van der Waals surface area contributed by atoms with E-state index < -0.39 is 4.92 Å². The van der Waals surface area contributed by atoms with E-state index in [0.29, 0.717) is 38.3 Å². The first-order valence-corrected chi connectivity index (χ1v) is 7.46.